The van der Waals surface area contributed by atoms with Crippen molar-refractivity contribution < 1.29 is 8.42 Å². The van der Waals surface area contributed by atoms with Crippen molar-refractivity contribution in [3.63, 3.8) is 0 Å². The number of rotatable bonds is 2. The maximum Gasteiger partial charge on any atom is 0.157 e. The van der Waals surface area contributed by atoms with Crippen molar-refractivity contribution in [3.05, 3.63) is 0 Å². The summed E-state index contributed by atoms with van der Waals surface area (Å²) in [5.74, 6) is 0. The summed E-state index contributed by atoms with van der Waals surface area (Å²) in [6.45, 7) is 0. The van der Waals surface area contributed by atoms with Crippen LogP contribution in [0.25, 0.3) is 0 Å². The summed E-state index contributed by atoms with van der Waals surface area (Å²) in [5, 5.41) is -0.344. The standard InChI is InChI=1S/C13H25NO2S/c14-12-9-3-1-2-4-10-13(12)17(15,16)11-7-5-6-8-11/h11-13H,1-10,14H2. The van der Waals surface area contributed by atoms with Gasteiger partial charge in [-0.2, -0.15) is 0 Å². The van der Waals surface area contributed by atoms with Crippen LogP contribution in [0.2, 0.25) is 0 Å². The molecular weight excluding hydrogens is 234 g/mol. The molecule has 100 valence electrons. The molecule has 2 aliphatic rings. The molecule has 3 nitrogen and oxygen atoms in total. The van der Waals surface area contributed by atoms with Crippen molar-refractivity contribution in [2.45, 2.75) is 80.7 Å². The smallest absolute Gasteiger partial charge is 0.157 e. The van der Waals surface area contributed by atoms with E-state index in [1.807, 2.05) is 0 Å². The molecule has 0 aliphatic heterocycles. The van der Waals surface area contributed by atoms with Crippen LogP contribution in [0, 0.1) is 0 Å². The zero-order valence-corrected chi connectivity index (χ0v) is 11.4. The van der Waals surface area contributed by atoms with Gasteiger partial charge in [0.1, 0.15) is 0 Å². The third-order valence-corrected chi connectivity index (χ3v) is 7.27. The first-order valence-electron chi connectivity index (χ1n) is 7.10. The van der Waals surface area contributed by atoms with Gasteiger partial charge in [0, 0.05) is 6.04 Å². The maximum atomic E-state index is 12.6. The van der Waals surface area contributed by atoms with Gasteiger partial charge in [0.2, 0.25) is 0 Å². The Morgan fingerprint density at radius 2 is 1.29 bits per heavy atom. The molecule has 0 spiro atoms. The van der Waals surface area contributed by atoms with Crippen molar-refractivity contribution >= 4 is 9.84 Å². The maximum absolute atomic E-state index is 12.6. The zero-order valence-electron chi connectivity index (χ0n) is 10.6. The van der Waals surface area contributed by atoms with E-state index in [9.17, 15) is 8.42 Å². The first kappa shape index (κ1) is 13.3. The SMILES string of the molecule is NC1CCCCCCC1S(=O)(=O)C1CCCC1. The van der Waals surface area contributed by atoms with E-state index in [-0.39, 0.29) is 16.5 Å². The minimum atomic E-state index is -2.98. The molecule has 2 N–H and O–H groups in total. The summed E-state index contributed by atoms with van der Waals surface area (Å²) >= 11 is 0. The largest absolute Gasteiger partial charge is 0.327 e. The molecule has 0 aromatic carbocycles. The van der Waals surface area contributed by atoms with E-state index >= 15 is 0 Å². The third kappa shape index (κ3) is 3.02. The van der Waals surface area contributed by atoms with E-state index < -0.39 is 9.84 Å². The molecule has 2 fully saturated rings. The van der Waals surface area contributed by atoms with Gasteiger partial charge in [0.15, 0.2) is 9.84 Å². The molecular formula is C13H25NO2S. The summed E-state index contributed by atoms with van der Waals surface area (Å²) < 4.78 is 25.2. The molecule has 0 aromatic rings. The molecule has 2 aliphatic carbocycles. The van der Waals surface area contributed by atoms with Gasteiger partial charge in [-0.15, -0.1) is 0 Å². The minimum absolute atomic E-state index is 0.0852. The zero-order chi connectivity index (χ0) is 12.3. The van der Waals surface area contributed by atoms with Crippen LogP contribution in [-0.2, 0) is 9.84 Å². The number of hydrogen-bond acceptors (Lipinski definition) is 3. The highest BCUT2D eigenvalue weighted by Crippen LogP contribution is 2.31. The van der Waals surface area contributed by atoms with Gasteiger partial charge in [-0.3, -0.25) is 0 Å². The lowest BCUT2D eigenvalue weighted by Crippen LogP contribution is -2.44. The molecule has 0 radical (unpaired) electrons. The quantitative estimate of drug-likeness (QED) is 0.828. The first-order valence-corrected chi connectivity index (χ1v) is 8.71. The van der Waals surface area contributed by atoms with E-state index in [1.165, 1.54) is 12.8 Å². The summed E-state index contributed by atoms with van der Waals surface area (Å²) in [5.41, 5.74) is 6.12. The lowest BCUT2D eigenvalue weighted by Gasteiger charge is -2.28. The second-order valence-electron chi connectivity index (χ2n) is 5.69. The molecule has 0 aromatic heterocycles. The monoisotopic (exact) mass is 259 g/mol. The molecule has 0 amide bonds. The predicted octanol–water partition coefficient (Wildman–Crippen LogP) is 2.39. The normalized spacial score (nSPS) is 33.2. The number of sulfone groups is 1. The van der Waals surface area contributed by atoms with Gasteiger partial charge >= 0.3 is 0 Å². The van der Waals surface area contributed by atoms with Gasteiger partial charge < -0.3 is 5.73 Å². The first-order chi connectivity index (χ1) is 8.12. The Balaban J connectivity index is 2.11. The average molecular weight is 259 g/mol. The molecule has 0 bridgehead atoms. The molecule has 2 saturated carbocycles. The Hall–Kier alpha value is -0.0900. The van der Waals surface area contributed by atoms with E-state index in [2.05, 4.69) is 0 Å². The summed E-state index contributed by atoms with van der Waals surface area (Å²) in [6, 6.07) is -0.124. The molecule has 2 rings (SSSR count). The average Bonchev–Trinajstić information content (AvgIpc) is 2.77. The molecule has 0 heterocycles. The van der Waals surface area contributed by atoms with Gasteiger partial charge in [0.05, 0.1) is 10.5 Å². The topological polar surface area (TPSA) is 60.2 Å². The van der Waals surface area contributed by atoms with Crippen LogP contribution >= 0.6 is 0 Å². The lowest BCUT2D eigenvalue weighted by atomic mass is 9.97. The summed E-state index contributed by atoms with van der Waals surface area (Å²) in [4.78, 5) is 0. The van der Waals surface area contributed by atoms with E-state index in [4.69, 9.17) is 5.73 Å². The van der Waals surface area contributed by atoms with Gasteiger partial charge in [-0.05, 0) is 25.7 Å². The van der Waals surface area contributed by atoms with Crippen LogP contribution in [0.3, 0.4) is 0 Å². The van der Waals surface area contributed by atoms with Gasteiger partial charge in [-0.1, -0.05) is 38.5 Å². The van der Waals surface area contributed by atoms with E-state index in [0.29, 0.717) is 0 Å². The van der Waals surface area contributed by atoms with Crippen LogP contribution < -0.4 is 5.73 Å². The number of nitrogens with two attached hydrogens (primary N) is 1. The fraction of sp³-hybridized carbons (Fsp3) is 1.00. The van der Waals surface area contributed by atoms with Crippen LogP contribution in [0.15, 0.2) is 0 Å². The van der Waals surface area contributed by atoms with Gasteiger partial charge in [-0.25, -0.2) is 8.42 Å². The lowest BCUT2D eigenvalue weighted by molar-refractivity contribution is 0.440. The van der Waals surface area contributed by atoms with Crippen molar-refractivity contribution in [3.8, 4) is 0 Å². The van der Waals surface area contributed by atoms with Crippen LogP contribution in [0.4, 0.5) is 0 Å². The van der Waals surface area contributed by atoms with Crippen molar-refractivity contribution in [1.29, 1.82) is 0 Å². The molecule has 0 saturated heterocycles. The second kappa shape index (κ2) is 5.70. The Morgan fingerprint density at radius 3 is 1.94 bits per heavy atom. The van der Waals surface area contributed by atoms with E-state index in [1.54, 1.807) is 0 Å². The fourth-order valence-corrected chi connectivity index (χ4v) is 5.95. The molecule has 17 heavy (non-hydrogen) atoms. The highest BCUT2D eigenvalue weighted by Gasteiger charge is 2.38. The third-order valence-electron chi connectivity index (χ3n) is 4.44. The van der Waals surface area contributed by atoms with Crippen LogP contribution in [-0.4, -0.2) is 25.0 Å². The molecule has 2 atom stereocenters. The van der Waals surface area contributed by atoms with Crippen molar-refractivity contribution in [1.82, 2.24) is 0 Å². The Labute approximate surface area is 105 Å². The molecule has 2 unspecified atom stereocenters. The van der Waals surface area contributed by atoms with E-state index in [0.717, 1.165) is 51.4 Å². The summed E-state index contributed by atoms with van der Waals surface area (Å²) in [7, 11) is -2.98. The van der Waals surface area contributed by atoms with Crippen molar-refractivity contribution in [2.24, 2.45) is 5.73 Å². The van der Waals surface area contributed by atoms with Crippen LogP contribution in [0.1, 0.15) is 64.2 Å². The Kier molecular flexibility index (Phi) is 4.47. The van der Waals surface area contributed by atoms with Crippen LogP contribution in [0.5, 0.6) is 0 Å². The highest BCUT2D eigenvalue weighted by molar-refractivity contribution is 7.92. The minimum Gasteiger partial charge on any atom is -0.327 e. The van der Waals surface area contributed by atoms with Crippen molar-refractivity contribution in [2.75, 3.05) is 0 Å². The highest BCUT2D eigenvalue weighted by atomic mass is 32.2. The second-order valence-corrected chi connectivity index (χ2v) is 8.14. The Bertz CT molecular complexity index is 333. The number of hydrogen-bond donors (Lipinski definition) is 1. The molecule has 4 heteroatoms. The summed E-state index contributed by atoms with van der Waals surface area (Å²) in [6.07, 6.45) is 10.1. The van der Waals surface area contributed by atoms with Gasteiger partial charge in [0.25, 0.3) is 0 Å². The fourth-order valence-electron chi connectivity index (χ4n) is 3.35. The predicted molar refractivity (Wildman–Crippen MR) is 70.6 cm³/mol. The Morgan fingerprint density at radius 1 is 0.765 bits per heavy atom.